The maximum Gasteiger partial charge on any atom is 0.409 e. The number of halogens is 3. The van der Waals surface area contributed by atoms with Crippen molar-refractivity contribution >= 4 is 17.8 Å². The summed E-state index contributed by atoms with van der Waals surface area (Å²) in [4.78, 5) is 16.6. The number of carbonyl (C=O) groups excluding carboxylic acids is 1. The molecule has 0 radical (unpaired) electrons. The molecular weight excluding hydrogens is 317 g/mol. The molecule has 1 amide bonds. The number of hydrogen-bond acceptors (Lipinski definition) is 6. The Kier molecular flexibility index (Phi) is 5.23. The molecule has 2 rings (SSSR count). The second-order valence-corrected chi connectivity index (χ2v) is 4.21. The highest BCUT2D eigenvalue weighted by Gasteiger charge is 2.29. The molecule has 23 heavy (non-hydrogen) atoms. The van der Waals surface area contributed by atoms with Crippen molar-refractivity contribution in [1.29, 1.82) is 0 Å². The van der Waals surface area contributed by atoms with Crippen LogP contribution in [0.4, 0.5) is 18.9 Å². The van der Waals surface area contributed by atoms with E-state index in [0.29, 0.717) is 10.5 Å². The van der Waals surface area contributed by atoms with Crippen LogP contribution in [-0.4, -0.2) is 38.5 Å². The zero-order chi connectivity index (χ0) is 16.7. The van der Waals surface area contributed by atoms with Crippen molar-refractivity contribution in [2.24, 2.45) is 5.16 Å². The first kappa shape index (κ1) is 16.4. The number of benzene rings is 1. The van der Waals surface area contributed by atoms with Crippen molar-refractivity contribution in [3.05, 3.63) is 36.2 Å². The quantitative estimate of drug-likeness (QED) is 0.638. The Morgan fingerprint density at radius 2 is 2.09 bits per heavy atom. The van der Waals surface area contributed by atoms with Crippen molar-refractivity contribution in [2.45, 2.75) is 19.3 Å². The number of rotatable bonds is 6. The molecule has 1 N–H and O–H groups in total. The van der Waals surface area contributed by atoms with E-state index >= 15 is 0 Å². The van der Waals surface area contributed by atoms with E-state index in [1.165, 1.54) is 0 Å². The van der Waals surface area contributed by atoms with Crippen molar-refractivity contribution in [3.8, 4) is 0 Å². The second-order valence-electron chi connectivity index (χ2n) is 4.21. The fraction of sp³-hybridized carbons (Fsp3) is 0.250. The lowest BCUT2D eigenvalue weighted by molar-refractivity contribution is -0.145. The summed E-state index contributed by atoms with van der Waals surface area (Å²) in [5.41, 5.74) is 0.584. The molecule has 0 spiro atoms. The number of oxime groups is 1. The molecule has 2 aromatic rings. The van der Waals surface area contributed by atoms with Crippen LogP contribution in [0.1, 0.15) is 5.82 Å². The fourth-order valence-electron chi connectivity index (χ4n) is 1.44. The van der Waals surface area contributed by atoms with Crippen LogP contribution >= 0.6 is 0 Å². The minimum Gasteiger partial charge on any atom is -0.387 e. The molecule has 0 saturated heterocycles. The van der Waals surface area contributed by atoms with Crippen LogP contribution in [0.5, 0.6) is 0 Å². The Labute approximate surface area is 127 Å². The molecule has 0 bridgehead atoms. The highest BCUT2D eigenvalue weighted by Crippen LogP contribution is 2.15. The zero-order valence-corrected chi connectivity index (χ0v) is 11.6. The molecule has 11 heteroatoms. The maximum absolute atomic E-state index is 12.1. The van der Waals surface area contributed by atoms with Gasteiger partial charge < -0.3 is 10.2 Å². The number of nitrogens with one attached hydrogen (secondary N) is 1. The van der Waals surface area contributed by atoms with Gasteiger partial charge in [0.05, 0.1) is 0 Å². The van der Waals surface area contributed by atoms with Gasteiger partial charge in [0.2, 0.25) is 5.82 Å². The molecular formula is C12H11F3N6O2. The molecule has 1 aromatic heterocycles. The number of anilines is 1. The predicted octanol–water partition coefficient (Wildman–Crippen LogP) is 1.38. The number of amides is 1. The minimum atomic E-state index is -4.44. The molecule has 0 fully saturated rings. The molecule has 1 aromatic carbocycles. The van der Waals surface area contributed by atoms with Gasteiger partial charge in [0.15, 0.2) is 13.2 Å². The number of aromatic nitrogens is 4. The Hall–Kier alpha value is -2.98. The van der Waals surface area contributed by atoms with Gasteiger partial charge in [0, 0.05) is 5.69 Å². The topological polar surface area (TPSA) is 94.3 Å². The lowest BCUT2D eigenvalue weighted by Gasteiger charge is -2.02. The van der Waals surface area contributed by atoms with Crippen LogP contribution in [0.3, 0.4) is 0 Å². The number of carbonyl (C=O) groups is 1. The molecule has 1 heterocycles. The van der Waals surface area contributed by atoms with Gasteiger partial charge in [-0.2, -0.15) is 18.0 Å². The van der Waals surface area contributed by atoms with E-state index in [9.17, 15) is 18.0 Å². The Balaban J connectivity index is 1.75. The summed E-state index contributed by atoms with van der Waals surface area (Å²) < 4.78 is 36.3. The summed E-state index contributed by atoms with van der Waals surface area (Å²) in [5, 5.41) is 15.9. The van der Waals surface area contributed by atoms with E-state index < -0.39 is 18.6 Å². The van der Waals surface area contributed by atoms with E-state index in [1.54, 1.807) is 30.3 Å². The summed E-state index contributed by atoms with van der Waals surface area (Å²) in [7, 11) is 0. The summed E-state index contributed by atoms with van der Waals surface area (Å²) in [6.07, 6.45) is -3.56. The summed E-state index contributed by atoms with van der Waals surface area (Å²) >= 11 is 0. The van der Waals surface area contributed by atoms with Crippen LogP contribution in [0.15, 0.2) is 35.5 Å². The second kappa shape index (κ2) is 7.33. The molecule has 8 nitrogen and oxygen atoms in total. The fourth-order valence-corrected chi connectivity index (χ4v) is 1.44. The standard InChI is InChI=1S/C12H11F3N6O2/c13-12(14,15)8-21-19-10(18-20-21)7-23-16-6-11(22)17-9-4-2-1-3-5-9/h1-6H,7-8H2,(H,17,22)/b16-6+. The number of alkyl halides is 3. The first-order valence-corrected chi connectivity index (χ1v) is 6.27. The Bertz CT molecular complexity index is 671. The van der Waals surface area contributed by atoms with Crippen LogP contribution in [-0.2, 0) is 22.8 Å². The lowest BCUT2D eigenvalue weighted by atomic mass is 10.3. The zero-order valence-electron chi connectivity index (χ0n) is 11.6. The molecule has 0 aliphatic carbocycles. The third kappa shape index (κ3) is 6.11. The maximum atomic E-state index is 12.1. The Morgan fingerprint density at radius 1 is 1.35 bits per heavy atom. The van der Waals surface area contributed by atoms with Gasteiger partial charge in [0.25, 0.3) is 5.91 Å². The molecule has 0 atom stereocenters. The largest absolute Gasteiger partial charge is 0.409 e. The van der Waals surface area contributed by atoms with Crippen molar-refractivity contribution < 1.29 is 22.8 Å². The SMILES string of the molecule is O=C(/C=N/OCc1nnn(CC(F)(F)F)n1)Nc1ccccc1. The molecule has 0 unspecified atom stereocenters. The number of tetrazole rings is 1. The molecule has 0 aliphatic rings. The van der Waals surface area contributed by atoms with Crippen molar-refractivity contribution in [2.75, 3.05) is 5.32 Å². The van der Waals surface area contributed by atoms with Gasteiger partial charge in [-0.25, -0.2) is 0 Å². The summed E-state index contributed by atoms with van der Waals surface area (Å²) in [5.74, 6) is -0.611. The average Bonchev–Trinajstić information content (AvgIpc) is 2.90. The van der Waals surface area contributed by atoms with E-state index in [-0.39, 0.29) is 12.4 Å². The van der Waals surface area contributed by atoms with Crippen molar-refractivity contribution in [3.63, 3.8) is 0 Å². The van der Waals surface area contributed by atoms with E-state index in [2.05, 4.69) is 25.9 Å². The minimum absolute atomic E-state index is 0.0881. The molecule has 0 aliphatic heterocycles. The smallest absolute Gasteiger partial charge is 0.387 e. The van der Waals surface area contributed by atoms with E-state index in [0.717, 1.165) is 6.21 Å². The van der Waals surface area contributed by atoms with Gasteiger partial charge in [-0.05, 0) is 17.3 Å². The van der Waals surface area contributed by atoms with Crippen molar-refractivity contribution in [1.82, 2.24) is 20.2 Å². The first-order valence-electron chi connectivity index (χ1n) is 6.27. The normalized spacial score (nSPS) is 11.6. The summed E-state index contributed by atoms with van der Waals surface area (Å²) in [6.45, 7) is -1.66. The monoisotopic (exact) mass is 328 g/mol. The summed E-state index contributed by atoms with van der Waals surface area (Å²) in [6, 6.07) is 8.68. The van der Waals surface area contributed by atoms with E-state index in [4.69, 9.17) is 4.84 Å². The number of nitrogens with zero attached hydrogens (tertiary/aromatic N) is 5. The lowest BCUT2D eigenvalue weighted by Crippen LogP contribution is -2.19. The van der Waals surface area contributed by atoms with Crippen LogP contribution < -0.4 is 5.32 Å². The third-order valence-electron chi connectivity index (χ3n) is 2.29. The van der Waals surface area contributed by atoms with E-state index in [1.807, 2.05) is 0 Å². The highest BCUT2D eigenvalue weighted by molar-refractivity contribution is 6.31. The van der Waals surface area contributed by atoms with Gasteiger partial charge in [-0.1, -0.05) is 23.4 Å². The van der Waals surface area contributed by atoms with Crippen LogP contribution in [0, 0.1) is 0 Å². The average molecular weight is 328 g/mol. The number of hydrogen-bond donors (Lipinski definition) is 1. The third-order valence-corrected chi connectivity index (χ3v) is 2.29. The van der Waals surface area contributed by atoms with Gasteiger partial charge >= 0.3 is 6.18 Å². The molecule has 0 saturated carbocycles. The molecule has 122 valence electrons. The Morgan fingerprint density at radius 3 is 2.78 bits per heavy atom. The van der Waals surface area contributed by atoms with Crippen LogP contribution in [0.25, 0.3) is 0 Å². The first-order chi connectivity index (χ1) is 10.9. The van der Waals surface area contributed by atoms with Gasteiger partial charge in [-0.3, -0.25) is 4.79 Å². The number of para-hydroxylation sites is 1. The predicted molar refractivity (Wildman–Crippen MR) is 72.2 cm³/mol. The van der Waals surface area contributed by atoms with Gasteiger partial charge in [0.1, 0.15) is 6.21 Å². The van der Waals surface area contributed by atoms with Gasteiger partial charge in [-0.15, -0.1) is 10.2 Å². The van der Waals surface area contributed by atoms with Crippen LogP contribution in [0.2, 0.25) is 0 Å². The highest BCUT2D eigenvalue weighted by atomic mass is 19.4.